The third-order valence-electron chi connectivity index (χ3n) is 2.96. The molecule has 5 heteroatoms. The molecule has 0 aliphatic carbocycles. The Balaban J connectivity index is 0.00000324. The molecule has 0 bridgehead atoms. The number of carbonyl (C=O) groups is 1. The van der Waals surface area contributed by atoms with Crippen LogP contribution in [0, 0.1) is 6.92 Å². The Bertz CT molecular complexity index is 412. The van der Waals surface area contributed by atoms with E-state index in [0.29, 0.717) is 12.1 Å². The highest BCUT2D eigenvalue weighted by molar-refractivity contribution is 9.10. The van der Waals surface area contributed by atoms with E-state index in [0.717, 1.165) is 29.3 Å². The number of halogens is 2. The Hall–Kier alpha value is -0.580. The molecule has 0 saturated carbocycles. The largest absolute Gasteiger partial charge is 0.348 e. The van der Waals surface area contributed by atoms with Gasteiger partial charge in [0, 0.05) is 22.6 Å². The van der Waals surface area contributed by atoms with Gasteiger partial charge < -0.3 is 11.1 Å². The number of carbonyl (C=O) groups excluding carboxylic acids is 1. The van der Waals surface area contributed by atoms with E-state index < -0.39 is 0 Å². The summed E-state index contributed by atoms with van der Waals surface area (Å²) in [6.07, 6.45) is 3.14. The second-order valence-electron chi connectivity index (χ2n) is 4.51. The molecule has 0 spiro atoms. The van der Waals surface area contributed by atoms with Gasteiger partial charge in [0.2, 0.25) is 0 Å². The number of hydrogen-bond donors (Lipinski definition) is 2. The van der Waals surface area contributed by atoms with E-state index in [1.54, 1.807) is 0 Å². The minimum Gasteiger partial charge on any atom is -0.348 e. The van der Waals surface area contributed by atoms with E-state index in [1.165, 1.54) is 0 Å². The van der Waals surface area contributed by atoms with Crippen LogP contribution in [0.4, 0.5) is 0 Å². The van der Waals surface area contributed by atoms with Crippen LogP contribution in [-0.2, 0) is 0 Å². The molecular weight excluding hydrogens is 328 g/mol. The predicted octanol–water partition coefficient (Wildman–Crippen LogP) is 3.43. The molecule has 1 aromatic carbocycles. The summed E-state index contributed by atoms with van der Waals surface area (Å²) in [6, 6.07) is 5.73. The fraction of sp³-hybridized carbons (Fsp3) is 0.500. The van der Waals surface area contributed by atoms with Crippen molar-refractivity contribution in [1.29, 1.82) is 0 Å². The minimum absolute atomic E-state index is 0. The van der Waals surface area contributed by atoms with Crippen LogP contribution in [0.15, 0.2) is 22.7 Å². The average molecular weight is 350 g/mol. The van der Waals surface area contributed by atoms with Crippen LogP contribution in [0.1, 0.15) is 42.1 Å². The molecule has 1 amide bonds. The van der Waals surface area contributed by atoms with Gasteiger partial charge in [-0.1, -0.05) is 35.7 Å². The Morgan fingerprint density at radius 1 is 1.47 bits per heavy atom. The molecule has 0 aliphatic rings. The number of nitrogens with two attached hydrogens (primary N) is 1. The molecule has 19 heavy (non-hydrogen) atoms. The predicted molar refractivity (Wildman–Crippen MR) is 86.0 cm³/mol. The van der Waals surface area contributed by atoms with Gasteiger partial charge in [-0.2, -0.15) is 0 Å². The van der Waals surface area contributed by atoms with E-state index in [-0.39, 0.29) is 24.4 Å². The quantitative estimate of drug-likeness (QED) is 0.826. The molecule has 3 N–H and O–H groups in total. The van der Waals surface area contributed by atoms with Gasteiger partial charge in [-0.25, -0.2) is 0 Å². The van der Waals surface area contributed by atoms with Gasteiger partial charge in [0.1, 0.15) is 0 Å². The molecule has 0 saturated heterocycles. The third-order valence-corrected chi connectivity index (χ3v) is 3.45. The summed E-state index contributed by atoms with van der Waals surface area (Å²) in [7, 11) is 0. The van der Waals surface area contributed by atoms with Gasteiger partial charge in [-0.15, -0.1) is 12.4 Å². The van der Waals surface area contributed by atoms with Crippen molar-refractivity contribution in [3.05, 3.63) is 33.8 Å². The molecule has 0 radical (unpaired) electrons. The van der Waals surface area contributed by atoms with Gasteiger partial charge in [0.05, 0.1) is 0 Å². The fourth-order valence-electron chi connectivity index (χ4n) is 1.84. The lowest BCUT2D eigenvalue weighted by Crippen LogP contribution is -2.40. The van der Waals surface area contributed by atoms with Crippen molar-refractivity contribution >= 4 is 34.2 Å². The van der Waals surface area contributed by atoms with Crippen LogP contribution in [-0.4, -0.2) is 18.5 Å². The normalized spacial score (nSPS) is 11.6. The number of amides is 1. The van der Waals surface area contributed by atoms with Crippen molar-refractivity contribution in [3.63, 3.8) is 0 Å². The zero-order valence-electron chi connectivity index (χ0n) is 11.4. The highest BCUT2D eigenvalue weighted by Gasteiger charge is 2.13. The highest BCUT2D eigenvalue weighted by Crippen LogP contribution is 2.16. The van der Waals surface area contributed by atoms with Crippen LogP contribution in [0.2, 0.25) is 0 Å². The summed E-state index contributed by atoms with van der Waals surface area (Å²) >= 11 is 3.39. The molecule has 1 rings (SSSR count). The van der Waals surface area contributed by atoms with E-state index in [2.05, 4.69) is 28.2 Å². The lowest BCUT2D eigenvalue weighted by atomic mass is 10.1. The lowest BCUT2D eigenvalue weighted by molar-refractivity contribution is 0.0935. The van der Waals surface area contributed by atoms with Gasteiger partial charge >= 0.3 is 0 Å². The van der Waals surface area contributed by atoms with E-state index >= 15 is 0 Å². The summed E-state index contributed by atoms with van der Waals surface area (Å²) in [5, 5.41) is 3.00. The molecular formula is C14H22BrClN2O. The minimum atomic E-state index is -0.0356. The summed E-state index contributed by atoms with van der Waals surface area (Å²) in [5.41, 5.74) is 7.36. The number of aryl methyl sites for hydroxylation is 1. The van der Waals surface area contributed by atoms with E-state index in [4.69, 9.17) is 5.73 Å². The van der Waals surface area contributed by atoms with Crippen LogP contribution < -0.4 is 11.1 Å². The molecule has 1 atom stereocenters. The van der Waals surface area contributed by atoms with Crippen molar-refractivity contribution in [2.45, 2.75) is 39.2 Å². The zero-order valence-corrected chi connectivity index (χ0v) is 13.8. The van der Waals surface area contributed by atoms with Crippen LogP contribution in [0.3, 0.4) is 0 Å². The van der Waals surface area contributed by atoms with E-state index in [1.807, 2.05) is 25.1 Å². The first-order valence-electron chi connectivity index (χ1n) is 6.35. The first-order chi connectivity index (χ1) is 8.58. The molecule has 0 aliphatic heterocycles. The molecule has 0 fully saturated rings. The van der Waals surface area contributed by atoms with Crippen molar-refractivity contribution < 1.29 is 4.79 Å². The summed E-state index contributed by atoms with van der Waals surface area (Å²) < 4.78 is 0.984. The number of nitrogens with one attached hydrogen (secondary N) is 1. The van der Waals surface area contributed by atoms with Gasteiger partial charge in [0.15, 0.2) is 0 Å². The van der Waals surface area contributed by atoms with Gasteiger partial charge in [-0.3, -0.25) is 4.79 Å². The molecule has 3 nitrogen and oxygen atoms in total. The smallest absolute Gasteiger partial charge is 0.251 e. The topological polar surface area (TPSA) is 55.1 Å². The average Bonchev–Trinajstić information content (AvgIpc) is 2.34. The second-order valence-corrected chi connectivity index (χ2v) is 5.42. The van der Waals surface area contributed by atoms with Crippen molar-refractivity contribution in [2.75, 3.05) is 6.54 Å². The van der Waals surface area contributed by atoms with Crippen molar-refractivity contribution in [3.8, 4) is 0 Å². The number of unbranched alkanes of at least 4 members (excludes halogenated alkanes) is 1. The summed E-state index contributed by atoms with van der Waals surface area (Å²) in [4.78, 5) is 12.1. The maximum Gasteiger partial charge on any atom is 0.251 e. The zero-order chi connectivity index (χ0) is 13.5. The van der Waals surface area contributed by atoms with Crippen molar-refractivity contribution in [1.82, 2.24) is 5.32 Å². The van der Waals surface area contributed by atoms with Crippen LogP contribution in [0.5, 0.6) is 0 Å². The van der Waals surface area contributed by atoms with Crippen molar-refractivity contribution in [2.24, 2.45) is 5.73 Å². The van der Waals surface area contributed by atoms with E-state index in [9.17, 15) is 4.79 Å². The first-order valence-corrected chi connectivity index (χ1v) is 7.14. The number of benzene rings is 1. The Labute approximate surface area is 129 Å². The molecule has 1 unspecified atom stereocenters. The maximum atomic E-state index is 12.1. The second kappa shape index (κ2) is 9.34. The Morgan fingerprint density at radius 3 is 2.68 bits per heavy atom. The lowest BCUT2D eigenvalue weighted by Gasteiger charge is -2.17. The van der Waals surface area contributed by atoms with Crippen LogP contribution in [0.25, 0.3) is 0 Å². The number of rotatable bonds is 6. The highest BCUT2D eigenvalue weighted by atomic mass is 79.9. The van der Waals surface area contributed by atoms with Gasteiger partial charge in [-0.05, 0) is 37.1 Å². The first kappa shape index (κ1) is 18.4. The molecule has 0 aromatic heterocycles. The molecule has 1 aromatic rings. The molecule has 108 valence electrons. The van der Waals surface area contributed by atoms with Gasteiger partial charge in [0.25, 0.3) is 5.91 Å². The monoisotopic (exact) mass is 348 g/mol. The summed E-state index contributed by atoms with van der Waals surface area (Å²) in [6.45, 7) is 4.55. The fourth-order valence-corrected chi connectivity index (χ4v) is 2.32. The SMILES string of the molecule is CCCCC(CN)NC(=O)c1ccc(Br)cc1C.Cl. The maximum absolute atomic E-state index is 12.1. The Kier molecular flexibility index (Phi) is 9.06. The summed E-state index contributed by atoms with van der Waals surface area (Å²) in [5.74, 6) is -0.0356. The number of hydrogen-bond acceptors (Lipinski definition) is 2. The Morgan fingerprint density at radius 2 is 2.16 bits per heavy atom. The third kappa shape index (κ3) is 5.93. The molecule has 0 heterocycles. The standard InChI is InChI=1S/C14H21BrN2O.ClH/c1-3-4-5-12(9-16)17-14(18)13-7-6-11(15)8-10(13)2;/h6-8,12H,3-5,9,16H2,1-2H3,(H,17,18);1H. The van der Waals surface area contributed by atoms with Crippen LogP contribution >= 0.6 is 28.3 Å².